The summed E-state index contributed by atoms with van der Waals surface area (Å²) in [7, 11) is 0. The van der Waals surface area contributed by atoms with Crippen LogP contribution in [0.3, 0.4) is 0 Å². The van der Waals surface area contributed by atoms with Crippen LogP contribution in [0.4, 0.5) is 5.00 Å². The molecule has 0 saturated heterocycles. The van der Waals surface area contributed by atoms with Crippen molar-refractivity contribution < 1.29 is 4.52 Å². The molecule has 2 N–H and O–H groups in total. The van der Waals surface area contributed by atoms with Gasteiger partial charge in [0.15, 0.2) is 0 Å². The third-order valence-electron chi connectivity index (χ3n) is 3.18. The van der Waals surface area contributed by atoms with E-state index in [2.05, 4.69) is 15.1 Å². The van der Waals surface area contributed by atoms with Crippen LogP contribution in [0.1, 0.15) is 0 Å². The van der Waals surface area contributed by atoms with E-state index in [1.54, 1.807) is 0 Å². The molecule has 3 aromatic heterocycles. The third kappa shape index (κ3) is 2.05. The monoisotopic (exact) mass is 294 g/mol. The standard InChI is InChI=1S/C15H10N4OS/c16-13-10(7-8-21-13)15-18-14(19-20-15)12-6-5-9-3-1-2-4-11(9)17-12/h1-8H,16H2. The fourth-order valence-electron chi connectivity index (χ4n) is 2.13. The van der Waals surface area contributed by atoms with Crippen molar-refractivity contribution in [3.8, 4) is 23.0 Å². The molecule has 0 atom stereocenters. The number of para-hydroxylation sites is 1. The lowest BCUT2D eigenvalue weighted by Crippen LogP contribution is -1.87. The van der Waals surface area contributed by atoms with Gasteiger partial charge in [-0.2, -0.15) is 4.98 Å². The SMILES string of the molecule is Nc1sccc1-c1nc(-c2ccc3ccccc3n2)no1. The molecular formula is C15H10N4OS. The zero-order valence-corrected chi connectivity index (χ0v) is 11.7. The van der Waals surface area contributed by atoms with Gasteiger partial charge in [0.25, 0.3) is 5.89 Å². The lowest BCUT2D eigenvalue weighted by Gasteiger charge is -1.98. The number of hydrogen-bond acceptors (Lipinski definition) is 6. The number of fused-ring (bicyclic) bond motifs is 1. The van der Waals surface area contributed by atoms with Crippen molar-refractivity contribution in [3.63, 3.8) is 0 Å². The van der Waals surface area contributed by atoms with Crippen molar-refractivity contribution in [2.24, 2.45) is 0 Å². The predicted molar refractivity (Wildman–Crippen MR) is 82.8 cm³/mol. The number of anilines is 1. The highest BCUT2D eigenvalue weighted by Crippen LogP contribution is 2.30. The second-order valence-electron chi connectivity index (χ2n) is 4.51. The summed E-state index contributed by atoms with van der Waals surface area (Å²) in [6.45, 7) is 0. The molecule has 102 valence electrons. The van der Waals surface area contributed by atoms with Gasteiger partial charge in [-0.3, -0.25) is 0 Å². The molecule has 0 aliphatic heterocycles. The summed E-state index contributed by atoms with van der Waals surface area (Å²) in [4.78, 5) is 8.93. The van der Waals surface area contributed by atoms with E-state index in [1.807, 2.05) is 47.8 Å². The number of nitrogens with two attached hydrogens (primary N) is 1. The molecule has 0 fully saturated rings. The molecule has 4 rings (SSSR count). The largest absolute Gasteiger partial charge is 0.390 e. The molecule has 3 heterocycles. The summed E-state index contributed by atoms with van der Waals surface area (Å²) >= 11 is 1.44. The van der Waals surface area contributed by atoms with E-state index in [1.165, 1.54) is 11.3 Å². The van der Waals surface area contributed by atoms with Gasteiger partial charge in [0.2, 0.25) is 5.82 Å². The van der Waals surface area contributed by atoms with Crippen molar-refractivity contribution in [1.29, 1.82) is 0 Å². The second kappa shape index (κ2) is 4.68. The molecule has 0 aliphatic rings. The average molecular weight is 294 g/mol. The number of aromatic nitrogens is 3. The Balaban J connectivity index is 1.79. The second-order valence-corrected chi connectivity index (χ2v) is 5.46. The summed E-state index contributed by atoms with van der Waals surface area (Å²) in [6.07, 6.45) is 0. The minimum absolute atomic E-state index is 0.415. The van der Waals surface area contributed by atoms with E-state index in [4.69, 9.17) is 10.3 Å². The lowest BCUT2D eigenvalue weighted by atomic mass is 10.2. The van der Waals surface area contributed by atoms with E-state index >= 15 is 0 Å². The number of thiophene rings is 1. The van der Waals surface area contributed by atoms with Crippen LogP contribution < -0.4 is 5.73 Å². The molecular weight excluding hydrogens is 284 g/mol. The van der Waals surface area contributed by atoms with E-state index in [-0.39, 0.29) is 0 Å². The Labute approximate surface area is 124 Å². The van der Waals surface area contributed by atoms with E-state index in [9.17, 15) is 0 Å². The Bertz CT molecular complexity index is 928. The molecule has 6 heteroatoms. The highest BCUT2D eigenvalue weighted by Gasteiger charge is 2.14. The fraction of sp³-hybridized carbons (Fsp3) is 0. The van der Waals surface area contributed by atoms with Gasteiger partial charge < -0.3 is 10.3 Å². The molecule has 4 aromatic rings. The van der Waals surface area contributed by atoms with Crippen molar-refractivity contribution in [3.05, 3.63) is 47.8 Å². The van der Waals surface area contributed by atoms with Gasteiger partial charge in [-0.25, -0.2) is 4.98 Å². The van der Waals surface area contributed by atoms with Crippen LogP contribution in [0.25, 0.3) is 33.9 Å². The molecule has 0 spiro atoms. The summed E-state index contributed by atoms with van der Waals surface area (Å²) < 4.78 is 5.28. The van der Waals surface area contributed by atoms with E-state index in [0.29, 0.717) is 22.4 Å². The number of rotatable bonds is 2. The fourth-order valence-corrected chi connectivity index (χ4v) is 2.76. The summed E-state index contributed by atoms with van der Waals surface area (Å²) in [5.41, 5.74) is 8.21. The summed E-state index contributed by atoms with van der Waals surface area (Å²) in [5, 5.41) is 7.62. The van der Waals surface area contributed by atoms with Crippen molar-refractivity contribution in [2.75, 3.05) is 5.73 Å². The van der Waals surface area contributed by atoms with Gasteiger partial charge in [0, 0.05) is 5.39 Å². The number of hydrogen-bond donors (Lipinski definition) is 1. The van der Waals surface area contributed by atoms with Gasteiger partial charge in [0.1, 0.15) is 5.69 Å². The first-order valence-electron chi connectivity index (χ1n) is 6.34. The number of benzene rings is 1. The zero-order chi connectivity index (χ0) is 14.2. The molecule has 0 amide bonds. The molecule has 0 radical (unpaired) electrons. The van der Waals surface area contributed by atoms with Gasteiger partial charge in [-0.15, -0.1) is 11.3 Å². The van der Waals surface area contributed by atoms with Crippen LogP contribution in [0.2, 0.25) is 0 Å². The average Bonchev–Trinajstić information content (AvgIpc) is 3.15. The van der Waals surface area contributed by atoms with Gasteiger partial charge in [-0.05, 0) is 23.6 Å². The van der Waals surface area contributed by atoms with Gasteiger partial charge >= 0.3 is 0 Å². The Morgan fingerprint density at radius 3 is 2.76 bits per heavy atom. The Kier molecular flexibility index (Phi) is 2.68. The number of nitrogen functional groups attached to an aromatic ring is 1. The van der Waals surface area contributed by atoms with Crippen molar-refractivity contribution in [2.45, 2.75) is 0 Å². The highest BCUT2D eigenvalue weighted by atomic mass is 32.1. The Morgan fingerprint density at radius 1 is 1.00 bits per heavy atom. The Morgan fingerprint density at radius 2 is 1.90 bits per heavy atom. The van der Waals surface area contributed by atoms with Crippen molar-refractivity contribution in [1.82, 2.24) is 15.1 Å². The topological polar surface area (TPSA) is 77.8 Å². The minimum Gasteiger partial charge on any atom is -0.390 e. The minimum atomic E-state index is 0.415. The van der Waals surface area contributed by atoms with Crippen LogP contribution in [-0.4, -0.2) is 15.1 Å². The normalized spacial score (nSPS) is 11.0. The molecule has 1 aromatic carbocycles. The summed E-state index contributed by atoms with van der Waals surface area (Å²) in [5.74, 6) is 0.875. The first-order valence-corrected chi connectivity index (χ1v) is 7.22. The molecule has 0 saturated carbocycles. The van der Waals surface area contributed by atoms with Gasteiger partial charge in [-0.1, -0.05) is 29.4 Å². The smallest absolute Gasteiger partial charge is 0.261 e. The van der Waals surface area contributed by atoms with Gasteiger partial charge in [0.05, 0.1) is 16.1 Å². The third-order valence-corrected chi connectivity index (χ3v) is 3.93. The molecule has 0 unspecified atom stereocenters. The predicted octanol–water partition coefficient (Wildman–Crippen LogP) is 3.60. The highest BCUT2D eigenvalue weighted by molar-refractivity contribution is 7.14. The maximum atomic E-state index is 5.87. The number of nitrogens with zero attached hydrogens (tertiary/aromatic N) is 3. The van der Waals surface area contributed by atoms with Crippen LogP contribution in [0, 0.1) is 0 Å². The maximum absolute atomic E-state index is 5.87. The molecule has 0 bridgehead atoms. The first kappa shape index (κ1) is 12.0. The Hall–Kier alpha value is -2.73. The van der Waals surface area contributed by atoms with E-state index < -0.39 is 0 Å². The lowest BCUT2D eigenvalue weighted by molar-refractivity contribution is 0.432. The first-order chi connectivity index (χ1) is 10.3. The quantitative estimate of drug-likeness (QED) is 0.611. The van der Waals surface area contributed by atoms with E-state index in [0.717, 1.165) is 16.5 Å². The van der Waals surface area contributed by atoms with Crippen LogP contribution in [-0.2, 0) is 0 Å². The molecule has 5 nitrogen and oxygen atoms in total. The molecule has 0 aliphatic carbocycles. The summed E-state index contributed by atoms with van der Waals surface area (Å²) in [6, 6.07) is 13.6. The van der Waals surface area contributed by atoms with Crippen LogP contribution in [0.5, 0.6) is 0 Å². The zero-order valence-electron chi connectivity index (χ0n) is 10.9. The van der Waals surface area contributed by atoms with Crippen LogP contribution >= 0.6 is 11.3 Å². The molecule has 21 heavy (non-hydrogen) atoms. The van der Waals surface area contributed by atoms with Crippen molar-refractivity contribution >= 4 is 27.2 Å². The maximum Gasteiger partial charge on any atom is 0.261 e. The number of pyridine rings is 1. The van der Waals surface area contributed by atoms with Crippen LogP contribution in [0.15, 0.2) is 52.4 Å².